The molecule has 2 aromatic rings. The summed E-state index contributed by atoms with van der Waals surface area (Å²) in [7, 11) is 0. The number of amides is 1. The van der Waals surface area contributed by atoms with Gasteiger partial charge >= 0.3 is 6.18 Å². The highest BCUT2D eigenvalue weighted by Gasteiger charge is 2.31. The number of carbonyl (C=O) groups is 1. The van der Waals surface area contributed by atoms with Crippen molar-refractivity contribution in [3.8, 4) is 0 Å². The first-order valence-corrected chi connectivity index (χ1v) is 10.2. The quantitative estimate of drug-likeness (QED) is 0.399. The predicted octanol–water partition coefficient (Wildman–Crippen LogP) is 4.92. The Bertz CT molecular complexity index is 928. The number of nitrogens with one attached hydrogen (secondary N) is 1. The maximum Gasteiger partial charge on any atom is 0.416 e. The summed E-state index contributed by atoms with van der Waals surface area (Å²) in [5.74, 6) is -0.717. The number of benzene rings is 2. The molecular formula is C23H25F3N2O3. The van der Waals surface area contributed by atoms with Crippen molar-refractivity contribution in [3.05, 3.63) is 70.8 Å². The van der Waals surface area contributed by atoms with E-state index in [0.717, 1.165) is 37.0 Å². The molecule has 1 aliphatic carbocycles. The van der Waals surface area contributed by atoms with Gasteiger partial charge in [-0.2, -0.15) is 13.2 Å². The first-order chi connectivity index (χ1) is 14.9. The van der Waals surface area contributed by atoms with Crippen molar-refractivity contribution in [2.45, 2.75) is 38.4 Å². The van der Waals surface area contributed by atoms with Gasteiger partial charge in [-0.05, 0) is 55.5 Å². The van der Waals surface area contributed by atoms with E-state index in [4.69, 9.17) is 9.47 Å². The Kier molecular flexibility index (Phi) is 7.68. The Morgan fingerprint density at radius 2 is 1.97 bits per heavy atom. The smallest absolute Gasteiger partial charge is 0.416 e. The lowest BCUT2D eigenvalue weighted by Gasteiger charge is -2.23. The molecule has 1 atom stereocenters. The highest BCUT2D eigenvalue weighted by atomic mass is 19.4. The van der Waals surface area contributed by atoms with Crippen LogP contribution in [0.2, 0.25) is 0 Å². The average molecular weight is 434 g/mol. The number of fused-ring (bicyclic) bond motifs is 1. The highest BCUT2D eigenvalue weighted by molar-refractivity contribution is 6.04. The van der Waals surface area contributed by atoms with Crippen molar-refractivity contribution >= 4 is 11.9 Å². The Balaban J connectivity index is 1.81. The molecule has 5 nitrogen and oxygen atoms in total. The van der Waals surface area contributed by atoms with Crippen molar-refractivity contribution in [3.63, 3.8) is 0 Å². The first-order valence-electron chi connectivity index (χ1n) is 10.2. The minimum absolute atomic E-state index is 0.0242. The lowest BCUT2D eigenvalue weighted by molar-refractivity contribution is -0.137. The minimum atomic E-state index is -4.53. The molecule has 1 amide bonds. The van der Waals surface area contributed by atoms with Crippen LogP contribution < -0.4 is 5.32 Å². The van der Waals surface area contributed by atoms with Gasteiger partial charge in [0, 0.05) is 12.2 Å². The molecule has 8 heteroatoms. The molecule has 0 saturated heterocycles. The summed E-state index contributed by atoms with van der Waals surface area (Å²) in [6, 6.07) is 12.0. The second-order valence-corrected chi connectivity index (χ2v) is 7.12. The number of halogens is 3. The lowest BCUT2D eigenvalue weighted by Crippen LogP contribution is -2.34. The van der Waals surface area contributed by atoms with Gasteiger partial charge in [-0.3, -0.25) is 10.1 Å². The summed E-state index contributed by atoms with van der Waals surface area (Å²) < 4.78 is 49.8. The monoisotopic (exact) mass is 434 g/mol. The van der Waals surface area contributed by atoms with Crippen LogP contribution in [0.1, 0.15) is 52.9 Å². The molecule has 3 rings (SSSR count). The Labute approximate surface area is 179 Å². The van der Waals surface area contributed by atoms with Crippen molar-refractivity contribution in [2.24, 2.45) is 4.99 Å². The zero-order valence-electron chi connectivity index (χ0n) is 17.2. The van der Waals surface area contributed by atoms with Crippen LogP contribution >= 0.6 is 0 Å². The zero-order chi connectivity index (χ0) is 22.3. The topological polar surface area (TPSA) is 59.9 Å². The van der Waals surface area contributed by atoms with Crippen LogP contribution in [0.25, 0.3) is 0 Å². The molecule has 2 aromatic carbocycles. The van der Waals surface area contributed by atoms with Crippen LogP contribution in [0.15, 0.2) is 53.5 Å². The van der Waals surface area contributed by atoms with Crippen molar-refractivity contribution in [1.82, 2.24) is 5.32 Å². The van der Waals surface area contributed by atoms with Crippen LogP contribution in [-0.2, 0) is 22.1 Å². The van der Waals surface area contributed by atoms with E-state index in [9.17, 15) is 18.0 Å². The fourth-order valence-corrected chi connectivity index (χ4v) is 3.46. The van der Waals surface area contributed by atoms with Gasteiger partial charge in [0.25, 0.3) is 11.9 Å². The number of aryl methyl sites for hydroxylation is 1. The largest absolute Gasteiger partial charge is 0.463 e. The van der Waals surface area contributed by atoms with Crippen molar-refractivity contribution in [1.29, 1.82) is 0 Å². The number of alkyl halides is 3. The number of aliphatic imine (C=N–C) groups is 1. The van der Waals surface area contributed by atoms with E-state index >= 15 is 0 Å². The zero-order valence-corrected chi connectivity index (χ0v) is 17.2. The molecule has 0 aromatic heterocycles. The van der Waals surface area contributed by atoms with Crippen molar-refractivity contribution < 1.29 is 27.4 Å². The molecule has 0 heterocycles. The van der Waals surface area contributed by atoms with E-state index in [1.54, 1.807) is 0 Å². The molecule has 0 spiro atoms. The molecule has 0 saturated carbocycles. The second kappa shape index (κ2) is 10.4. The number of nitrogens with zero attached hydrogens (tertiary/aromatic N) is 1. The van der Waals surface area contributed by atoms with Crippen LogP contribution in [0.5, 0.6) is 0 Å². The molecule has 1 unspecified atom stereocenters. The normalized spacial score (nSPS) is 16.5. The third kappa shape index (κ3) is 6.30. The number of rotatable bonds is 6. The molecule has 0 fully saturated rings. The molecule has 31 heavy (non-hydrogen) atoms. The van der Waals surface area contributed by atoms with E-state index in [0.29, 0.717) is 13.2 Å². The number of ether oxygens (including phenoxy) is 2. The van der Waals surface area contributed by atoms with Gasteiger partial charge < -0.3 is 9.47 Å². The minimum Gasteiger partial charge on any atom is -0.463 e. The Hall–Kier alpha value is -2.87. The van der Waals surface area contributed by atoms with Gasteiger partial charge in [-0.1, -0.05) is 30.3 Å². The molecule has 1 N–H and O–H groups in total. The molecule has 1 aliphatic rings. The van der Waals surface area contributed by atoms with Crippen LogP contribution in [0.4, 0.5) is 13.2 Å². The molecule has 0 radical (unpaired) electrons. The lowest BCUT2D eigenvalue weighted by atomic mass is 9.88. The summed E-state index contributed by atoms with van der Waals surface area (Å²) in [6.45, 7) is 2.83. The third-order valence-corrected chi connectivity index (χ3v) is 4.95. The number of hydrogen-bond donors (Lipinski definition) is 1. The third-order valence-electron chi connectivity index (χ3n) is 4.95. The first kappa shape index (κ1) is 22.8. The van der Waals surface area contributed by atoms with Crippen molar-refractivity contribution in [2.75, 3.05) is 19.8 Å². The van der Waals surface area contributed by atoms with Gasteiger partial charge in [-0.15, -0.1) is 0 Å². The van der Waals surface area contributed by atoms with Crippen LogP contribution in [-0.4, -0.2) is 31.7 Å². The fraction of sp³-hybridized carbons (Fsp3) is 0.391. The van der Waals surface area contributed by atoms with Crippen LogP contribution in [0, 0.1) is 0 Å². The van der Waals surface area contributed by atoms with Gasteiger partial charge in [-0.25, -0.2) is 4.99 Å². The van der Waals surface area contributed by atoms with E-state index in [2.05, 4.69) is 10.3 Å². The summed E-state index contributed by atoms with van der Waals surface area (Å²) in [5.41, 5.74) is 1.24. The summed E-state index contributed by atoms with van der Waals surface area (Å²) in [5, 5.41) is 2.53. The van der Waals surface area contributed by atoms with Gasteiger partial charge in [0.15, 0.2) is 0 Å². The van der Waals surface area contributed by atoms with E-state index < -0.39 is 17.6 Å². The fourth-order valence-electron chi connectivity index (χ4n) is 3.46. The molecule has 0 bridgehead atoms. The summed E-state index contributed by atoms with van der Waals surface area (Å²) >= 11 is 0. The average Bonchev–Trinajstić information content (AvgIpc) is 2.76. The summed E-state index contributed by atoms with van der Waals surface area (Å²) in [4.78, 5) is 17.2. The van der Waals surface area contributed by atoms with E-state index in [-0.39, 0.29) is 24.2 Å². The molecule has 166 valence electrons. The highest BCUT2D eigenvalue weighted by Crippen LogP contribution is 2.32. The second-order valence-electron chi connectivity index (χ2n) is 7.12. The van der Waals surface area contributed by atoms with Gasteiger partial charge in [0.2, 0.25) is 0 Å². The molecule has 0 aliphatic heterocycles. The number of carbonyl (C=O) groups excluding carboxylic acids is 1. The van der Waals surface area contributed by atoms with Crippen LogP contribution in [0.3, 0.4) is 0 Å². The van der Waals surface area contributed by atoms with E-state index in [1.165, 1.54) is 17.7 Å². The Morgan fingerprint density at radius 3 is 2.74 bits per heavy atom. The predicted molar refractivity (Wildman–Crippen MR) is 111 cm³/mol. The Morgan fingerprint density at radius 1 is 1.16 bits per heavy atom. The SMILES string of the molecule is CCOCCOC(=NC1CCCc2ccccc21)NC(=O)c1cccc(C(F)(F)F)c1. The maximum absolute atomic E-state index is 13.0. The van der Waals surface area contributed by atoms with Gasteiger partial charge in [0.05, 0.1) is 18.2 Å². The maximum atomic E-state index is 13.0. The molecular weight excluding hydrogens is 409 g/mol. The van der Waals surface area contributed by atoms with E-state index in [1.807, 2.05) is 31.2 Å². The number of amidine groups is 1. The van der Waals surface area contributed by atoms with Gasteiger partial charge in [0.1, 0.15) is 6.61 Å². The summed E-state index contributed by atoms with van der Waals surface area (Å²) in [6.07, 6.45) is -1.85. The standard InChI is InChI=1S/C23H25F3N2O3/c1-2-30-13-14-31-22(27-20-12-6-8-16-7-3-4-11-19(16)20)28-21(29)17-9-5-10-18(15-17)23(24,25)26/h3-5,7,9-11,15,20H,2,6,8,12-14H2,1H3,(H,27,28,29). The number of hydrogen-bond acceptors (Lipinski definition) is 4.